The lowest BCUT2D eigenvalue weighted by Gasteiger charge is -2.40. The van der Waals surface area contributed by atoms with E-state index in [2.05, 4.69) is 55.1 Å². The minimum absolute atomic E-state index is 0.215. The molecule has 0 atom stereocenters. The van der Waals surface area contributed by atoms with Gasteiger partial charge in [0.05, 0.1) is 5.69 Å². The van der Waals surface area contributed by atoms with Gasteiger partial charge in [-0.1, -0.05) is 18.2 Å². The van der Waals surface area contributed by atoms with Gasteiger partial charge >= 0.3 is 0 Å². The first-order valence-corrected chi connectivity index (χ1v) is 7.21. The molecule has 98 valence electrons. The molecule has 2 aliphatic rings. The Morgan fingerprint density at radius 1 is 1.06 bits per heavy atom. The molecule has 2 fully saturated rings. The van der Waals surface area contributed by atoms with E-state index >= 15 is 0 Å². The smallest absolute Gasteiger partial charge is 0.0557 e. The Morgan fingerprint density at radius 3 is 2.44 bits per heavy atom. The summed E-state index contributed by atoms with van der Waals surface area (Å²) in [5, 5.41) is 5.06. The highest BCUT2D eigenvalue weighted by Crippen LogP contribution is 2.45. The number of nitrogens with zero attached hydrogens (tertiary/aromatic N) is 2. The average Bonchev–Trinajstić information content (AvgIpc) is 3.04. The molecular formula is C16H24N2. The first-order valence-electron chi connectivity index (χ1n) is 7.21. The third kappa shape index (κ3) is 2.14. The van der Waals surface area contributed by atoms with Gasteiger partial charge < -0.3 is 5.01 Å². The normalized spacial score (nSPS) is 21.6. The number of rotatable bonds is 2. The van der Waals surface area contributed by atoms with Crippen LogP contribution in [0.25, 0.3) is 0 Å². The molecule has 0 amide bonds. The maximum absolute atomic E-state index is 2.54. The second kappa shape index (κ2) is 4.27. The van der Waals surface area contributed by atoms with Crippen LogP contribution in [0.5, 0.6) is 0 Å². The lowest BCUT2D eigenvalue weighted by molar-refractivity contribution is 0.157. The summed E-state index contributed by atoms with van der Waals surface area (Å²) in [4.78, 5) is 0. The van der Waals surface area contributed by atoms with Crippen LogP contribution < -0.4 is 5.01 Å². The molecule has 1 aliphatic carbocycles. The van der Waals surface area contributed by atoms with Gasteiger partial charge in [-0.15, -0.1) is 0 Å². The van der Waals surface area contributed by atoms with Crippen LogP contribution in [0.1, 0.15) is 51.5 Å². The molecule has 1 aromatic carbocycles. The van der Waals surface area contributed by atoms with Crippen molar-refractivity contribution in [1.29, 1.82) is 0 Å². The fraction of sp³-hybridized carbons (Fsp3) is 0.625. The Bertz CT molecular complexity index is 429. The minimum Gasteiger partial charge on any atom is -0.305 e. The van der Waals surface area contributed by atoms with Crippen LogP contribution in [0.15, 0.2) is 24.3 Å². The molecule has 3 rings (SSSR count). The van der Waals surface area contributed by atoms with Crippen molar-refractivity contribution < 1.29 is 0 Å². The van der Waals surface area contributed by atoms with Gasteiger partial charge in [-0.05, 0) is 57.6 Å². The van der Waals surface area contributed by atoms with E-state index < -0.39 is 0 Å². The van der Waals surface area contributed by atoms with E-state index in [4.69, 9.17) is 0 Å². The lowest BCUT2D eigenvalue weighted by Crippen LogP contribution is -2.49. The Morgan fingerprint density at radius 2 is 1.78 bits per heavy atom. The minimum atomic E-state index is 0.215. The van der Waals surface area contributed by atoms with Crippen LogP contribution in [0.4, 0.5) is 5.69 Å². The molecule has 0 radical (unpaired) electrons. The Hall–Kier alpha value is -1.02. The third-order valence-corrected chi connectivity index (χ3v) is 4.04. The van der Waals surface area contributed by atoms with Crippen LogP contribution in [0, 0.1) is 0 Å². The van der Waals surface area contributed by atoms with Crippen molar-refractivity contribution in [3.05, 3.63) is 29.8 Å². The van der Waals surface area contributed by atoms with E-state index in [1.165, 1.54) is 38.0 Å². The largest absolute Gasteiger partial charge is 0.305 e. The Labute approximate surface area is 111 Å². The van der Waals surface area contributed by atoms with E-state index in [-0.39, 0.29) is 5.54 Å². The second-order valence-corrected chi connectivity index (χ2v) is 6.60. The molecule has 0 bridgehead atoms. The van der Waals surface area contributed by atoms with Crippen LogP contribution in [0.3, 0.4) is 0 Å². The van der Waals surface area contributed by atoms with Crippen molar-refractivity contribution in [3.63, 3.8) is 0 Å². The first kappa shape index (κ1) is 12.0. The second-order valence-electron chi connectivity index (χ2n) is 6.60. The lowest BCUT2D eigenvalue weighted by atomic mass is 10.1. The summed E-state index contributed by atoms with van der Waals surface area (Å²) in [7, 11) is 0. The van der Waals surface area contributed by atoms with E-state index in [1.54, 1.807) is 5.56 Å². The molecule has 18 heavy (non-hydrogen) atoms. The SMILES string of the molecule is CC(C)(C)N1CCCN1c1ccccc1C1CC1. The molecule has 2 nitrogen and oxygen atoms in total. The average molecular weight is 244 g/mol. The van der Waals surface area contributed by atoms with Gasteiger partial charge in [0.25, 0.3) is 0 Å². The molecular weight excluding hydrogens is 220 g/mol. The number of hydrogen-bond acceptors (Lipinski definition) is 2. The molecule has 1 aliphatic heterocycles. The molecule has 2 heteroatoms. The molecule has 0 spiro atoms. The summed E-state index contributed by atoms with van der Waals surface area (Å²) in [5.74, 6) is 0.823. The number of para-hydroxylation sites is 1. The van der Waals surface area contributed by atoms with Crippen LogP contribution >= 0.6 is 0 Å². The summed E-state index contributed by atoms with van der Waals surface area (Å²) in [6.45, 7) is 9.28. The molecule has 1 heterocycles. The van der Waals surface area contributed by atoms with Gasteiger partial charge in [-0.2, -0.15) is 0 Å². The standard InChI is InChI=1S/C16H24N2/c1-16(2,3)18-12-6-11-17(18)15-8-5-4-7-14(15)13-9-10-13/h4-5,7-8,13H,6,9-12H2,1-3H3. The van der Waals surface area contributed by atoms with Crippen LogP contribution in [-0.4, -0.2) is 23.6 Å². The predicted molar refractivity (Wildman–Crippen MR) is 76.8 cm³/mol. The Balaban J connectivity index is 1.94. The number of anilines is 1. The summed E-state index contributed by atoms with van der Waals surface area (Å²) in [6.07, 6.45) is 4.02. The summed E-state index contributed by atoms with van der Waals surface area (Å²) in [6, 6.07) is 9.00. The van der Waals surface area contributed by atoms with Crippen molar-refractivity contribution in [1.82, 2.24) is 5.01 Å². The van der Waals surface area contributed by atoms with E-state index in [0.717, 1.165) is 5.92 Å². The van der Waals surface area contributed by atoms with Crippen molar-refractivity contribution in [2.24, 2.45) is 0 Å². The predicted octanol–water partition coefficient (Wildman–Crippen LogP) is 3.79. The third-order valence-electron chi connectivity index (χ3n) is 4.04. The van der Waals surface area contributed by atoms with Gasteiger partial charge in [0.2, 0.25) is 0 Å². The highest BCUT2D eigenvalue weighted by atomic mass is 15.7. The van der Waals surface area contributed by atoms with E-state index in [0.29, 0.717) is 0 Å². The highest BCUT2D eigenvalue weighted by molar-refractivity contribution is 5.56. The Kier molecular flexibility index (Phi) is 2.86. The fourth-order valence-electron chi connectivity index (χ4n) is 3.02. The van der Waals surface area contributed by atoms with E-state index in [9.17, 15) is 0 Å². The maximum atomic E-state index is 2.54. The quantitative estimate of drug-likeness (QED) is 0.781. The van der Waals surface area contributed by atoms with Crippen molar-refractivity contribution in [2.45, 2.75) is 51.5 Å². The van der Waals surface area contributed by atoms with Gasteiger partial charge in [0, 0.05) is 18.6 Å². The summed E-state index contributed by atoms with van der Waals surface area (Å²) < 4.78 is 0. The zero-order valence-electron chi connectivity index (χ0n) is 11.8. The zero-order chi connectivity index (χ0) is 12.8. The topological polar surface area (TPSA) is 6.48 Å². The number of hydrogen-bond donors (Lipinski definition) is 0. The summed E-state index contributed by atoms with van der Waals surface area (Å²) >= 11 is 0. The highest BCUT2D eigenvalue weighted by Gasteiger charge is 2.34. The van der Waals surface area contributed by atoms with Gasteiger partial charge in [-0.25, -0.2) is 5.01 Å². The molecule has 0 aromatic heterocycles. The van der Waals surface area contributed by atoms with Crippen LogP contribution in [-0.2, 0) is 0 Å². The van der Waals surface area contributed by atoms with Gasteiger partial charge in [0.1, 0.15) is 0 Å². The van der Waals surface area contributed by atoms with Gasteiger partial charge in [0.15, 0.2) is 0 Å². The molecule has 0 unspecified atom stereocenters. The first-order chi connectivity index (χ1) is 8.57. The van der Waals surface area contributed by atoms with Crippen LogP contribution in [0.2, 0.25) is 0 Å². The van der Waals surface area contributed by atoms with Crippen molar-refractivity contribution in [2.75, 3.05) is 18.1 Å². The number of benzene rings is 1. The van der Waals surface area contributed by atoms with E-state index in [1.807, 2.05) is 0 Å². The van der Waals surface area contributed by atoms with Crippen molar-refractivity contribution in [3.8, 4) is 0 Å². The molecule has 0 N–H and O–H groups in total. The van der Waals surface area contributed by atoms with Gasteiger partial charge in [-0.3, -0.25) is 0 Å². The fourth-order valence-corrected chi connectivity index (χ4v) is 3.02. The molecule has 1 saturated carbocycles. The summed E-state index contributed by atoms with van der Waals surface area (Å²) in [5.41, 5.74) is 3.23. The zero-order valence-corrected chi connectivity index (χ0v) is 11.8. The monoisotopic (exact) mass is 244 g/mol. The maximum Gasteiger partial charge on any atom is 0.0557 e. The van der Waals surface area contributed by atoms with Crippen molar-refractivity contribution >= 4 is 5.69 Å². The molecule has 1 aromatic rings. The number of hydrazine groups is 1. The molecule has 1 saturated heterocycles.